The van der Waals surface area contributed by atoms with Crippen LogP contribution in [0.4, 0.5) is 4.79 Å². The van der Waals surface area contributed by atoms with E-state index in [1.807, 2.05) is 36.1 Å². The normalized spacial score (nSPS) is 19.3. The maximum absolute atomic E-state index is 12.1. The van der Waals surface area contributed by atoms with Crippen molar-refractivity contribution in [2.45, 2.75) is 39.2 Å². The van der Waals surface area contributed by atoms with Crippen LogP contribution in [0, 0.1) is 12.8 Å². The van der Waals surface area contributed by atoms with E-state index in [-0.39, 0.29) is 18.1 Å². The minimum atomic E-state index is -0.353. The molecule has 0 saturated carbocycles. The maximum atomic E-state index is 12.1. The Morgan fingerprint density at radius 3 is 2.87 bits per heavy atom. The molecule has 2 amide bonds. The number of carbonyl (C=O) groups excluding carboxylic acids is 1. The number of benzene rings is 1. The first-order valence-corrected chi connectivity index (χ1v) is 8.46. The van der Waals surface area contributed by atoms with Crippen LogP contribution in [0.1, 0.15) is 31.7 Å². The van der Waals surface area contributed by atoms with Gasteiger partial charge in [-0.25, -0.2) is 4.79 Å². The van der Waals surface area contributed by atoms with Crippen LogP contribution >= 0.6 is 0 Å². The van der Waals surface area contributed by atoms with Gasteiger partial charge in [-0.1, -0.05) is 17.7 Å². The van der Waals surface area contributed by atoms with Crippen LogP contribution in [0.2, 0.25) is 0 Å². The highest BCUT2D eigenvalue weighted by atomic mass is 16.5. The van der Waals surface area contributed by atoms with Gasteiger partial charge in [-0.15, -0.1) is 0 Å². The molecule has 23 heavy (non-hydrogen) atoms. The Hall–Kier alpha value is -1.75. The quantitative estimate of drug-likeness (QED) is 0.792. The molecule has 5 nitrogen and oxygen atoms in total. The zero-order valence-corrected chi connectivity index (χ0v) is 14.1. The van der Waals surface area contributed by atoms with Gasteiger partial charge in [0, 0.05) is 25.6 Å². The molecule has 0 aromatic heterocycles. The Balaban J connectivity index is 1.62. The number of rotatable bonds is 6. The van der Waals surface area contributed by atoms with Crippen molar-refractivity contribution in [2.24, 2.45) is 5.92 Å². The standard InChI is InChI=1S/C18H28N2O3/c1-14-6-8-17(9-7-14)23-12-4-10-19-18(22)20-11-3-5-16(13-20)15(2)21/h6-9,15-16,21H,3-5,10-13H2,1-2H3,(H,19,22). The number of amides is 2. The van der Waals surface area contributed by atoms with Crippen molar-refractivity contribution in [1.29, 1.82) is 0 Å². The predicted molar refractivity (Wildman–Crippen MR) is 90.7 cm³/mol. The van der Waals surface area contributed by atoms with Gasteiger partial charge in [0.25, 0.3) is 0 Å². The summed E-state index contributed by atoms with van der Waals surface area (Å²) in [4.78, 5) is 13.9. The third-order valence-electron chi connectivity index (χ3n) is 4.31. The van der Waals surface area contributed by atoms with E-state index in [0.717, 1.165) is 31.6 Å². The Bertz CT molecular complexity index is 488. The molecule has 1 fully saturated rings. The first kappa shape index (κ1) is 17.6. The average molecular weight is 320 g/mol. The van der Waals surface area contributed by atoms with Gasteiger partial charge < -0.3 is 20.1 Å². The van der Waals surface area contributed by atoms with Gasteiger partial charge in [0.15, 0.2) is 0 Å². The molecule has 1 aromatic rings. The molecule has 1 saturated heterocycles. The smallest absolute Gasteiger partial charge is 0.317 e. The number of hydrogen-bond acceptors (Lipinski definition) is 3. The third-order valence-corrected chi connectivity index (χ3v) is 4.31. The molecule has 2 rings (SSSR count). The molecule has 1 aliphatic heterocycles. The van der Waals surface area contributed by atoms with Crippen LogP contribution < -0.4 is 10.1 Å². The minimum absolute atomic E-state index is 0.0364. The second-order valence-corrected chi connectivity index (χ2v) is 6.34. The summed E-state index contributed by atoms with van der Waals surface area (Å²) in [5.74, 6) is 1.05. The number of nitrogens with zero attached hydrogens (tertiary/aromatic N) is 1. The number of piperidine rings is 1. The van der Waals surface area contributed by atoms with E-state index in [1.54, 1.807) is 6.92 Å². The summed E-state index contributed by atoms with van der Waals surface area (Å²) in [6, 6.07) is 7.92. The van der Waals surface area contributed by atoms with Crippen LogP contribution in [-0.4, -0.2) is 48.4 Å². The largest absolute Gasteiger partial charge is 0.494 e. The number of aliphatic hydroxyl groups excluding tert-OH is 1. The van der Waals surface area contributed by atoms with Crippen molar-refractivity contribution < 1.29 is 14.6 Å². The monoisotopic (exact) mass is 320 g/mol. The van der Waals surface area contributed by atoms with E-state index in [9.17, 15) is 9.90 Å². The molecular formula is C18H28N2O3. The van der Waals surface area contributed by atoms with Gasteiger partial charge in [0.05, 0.1) is 12.7 Å². The van der Waals surface area contributed by atoms with Crippen LogP contribution in [0.15, 0.2) is 24.3 Å². The summed E-state index contributed by atoms with van der Waals surface area (Å²) in [5.41, 5.74) is 1.21. The highest BCUT2D eigenvalue weighted by Crippen LogP contribution is 2.19. The fourth-order valence-electron chi connectivity index (χ4n) is 2.79. The van der Waals surface area contributed by atoms with E-state index in [1.165, 1.54) is 5.56 Å². The lowest BCUT2D eigenvalue weighted by Gasteiger charge is -2.34. The van der Waals surface area contributed by atoms with Gasteiger partial charge in [0.2, 0.25) is 0 Å². The molecule has 1 aromatic carbocycles. The first-order chi connectivity index (χ1) is 11.1. The van der Waals surface area contributed by atoms with Crippen LogP contribution in [-0.2, 0) is 0 Å². The number of ether oxygens (including phenoxy) is 1. The van der Waals surface area contributed by atoms with Gasteiger partial charge in [0.1, 0.15) is 5.75 Å². The van der Waals surface area contributed by atoms with Crippen LogP contribution in [0.3, 0.4) is 0 Å². The number of likely N-dealkylation sites (tertiary alicyclic amines) is 1. The first-order valence-electron chi connectivity index (χ1n) is 8.46. The highest BCUT2D eigenvalue weighted by Gasteiger charge is 2.26. The van der Waals surface area contributed by atoms with E-state index < -0.39 is 0 Å². The SMILES string of the molecule is Cc1ccc(OCCCNC(=O)N2CCCC(C(C)O)C2)cc1. The van der Waals surface area contributed by atoms with Crippen molar-refractivity contribution in [1.82, 2.24) is 10.2 Å². The number of hydrogen-bond donors (Lipinski definition) is 2. The second kappa shape index (κ2) is 8.77. The Kier molecular flexibility index (Phi) is 6.71. The summed E-state index contributed by atoms with van der Waals surface area (Å²) < 4.78 is 5.64. The molecule has 5 heteroatoms. The highest BCUT2D eigenvalue weighted by molar-refractivity contribution is 5.74. The van der Waals surface area contributed by atoms with Gasteiger partial charge in [-0.3, -0.25) is 0 Å². The number of urea groups is 1. The number of aliphatic hydroxyl groups is 1. The van der Waals surface area contributed by atoms with E-state index in [0.29, 0.717) is 19.7 Å². The number of aryl methyl sites for hydroxylation is 1. The number of nitrogens with one attached hydrogen (secondary N) is 1. The molecule has 2 N–H and O–H groups in total. The van der Waals surface area contributed by atoms with Crippen molar-refractivity contribution in [3.8, 4) is 5.75 Å². The summed E-state index contributed by atoms with van der Waals surface area (Å²) in [6.07, 6.45) is 2.37. The van der Waals surface area contributed by atoms with Crippen molar-refractivity contribution >= 4 is 6.03 Å². The molecule has 2 atom stereocenters. The lowest BCUT2D eigenvalue weighted by atomic mass is 9.94. The summed E-state index contributed by atoms with van der Waals surface area (Å²) in [6.45, 7) is 6.44. The topological polar surface area (TPSA) is 61.8 Å². The van der Waals surface area contributed by atoms with Crippen LogP contribution in [0.25, 0.3) is 0 Å². The summed E-state index contributed by atoms with van der Waals surface area (Å²) in [7, 11) is 0. The zero-order valence-electron chi connectivity index (χ0n) is 14.1. The lowest BCUT2D eigenvalue weighted by molar-refractivity contribution is 0.0739. The molecule has 2 unspecified atom stereocenters. The van der Waals surface area contributed by atoms with Crippen LogP contribution in [0.5, 0.6) is 5.75 Å². The molecule has 0 spiro atoms. The second-order valence-electron chi connectivity index (χ2n) is 6.34. The fourth-order valence-corrected chi connectivity index (χ4v) is 2.79. The molecule has 1 heterocycles. The average Bonchev–Trinajstić information content (AvgIpc) is 2.56. The van der Waals surface area contributed by atoms with Crippen molar-refractivity contribution in [3.63, 3.8) is 0 Å². The number of carbonyl (C=O) groups is 1. The van der Waals surface area contributed by atoms with E-state index >= 15 is 0 Å². The fraction of sp³-hybridized carbons (Fsp3) is 0.611. The van der Waals surface area contributed by atoms with Crippen molar-refractivity contribution in [2.75, 3.05) is 26.2 Å². The van der Waals surface area contributed by atoms with Crippen molar-refractivity contribution in [3.05, 3.63) is 29.8 Å². The lowest BCUT2D eigenvalue weighted by Crippen LogP contribution is -2.47. The molecular weight excluding hydrogens is 292 g/mol. The molecule has 0 radical (unpaired) electrons. The third kappa shape index (κ3) is 5.75. The predicted octanol–water partition coefficient (Wildman–Crippen LogP) is 2.57. The van der Waals surface area contributed by atoms with E-state index in [4.69, 9.17) is 4.74 Å². The maximum Gasteiger partial charge on any atom is 0.317 e. The van der Waals surface area contributed by atoms with Gasteiger partial charge >= 0.3 is 6.03 Å². The minimum Gasteiger partial charge on any atom is -0.494 e. The Morgan fingerprint density at radius 1 is 1.43 bits per heavy atom. The Morgan fingerprint density at radius 2 is 2.17 bits per heavy atom. The Labute approximate surface area is 138 Å². The molecule has 128 valence electrons. The van der Waals surface area contributed by atoms with E-state index in [2.05, 4.69) is 5.32 Å². The summed E-state index contributed by atoms with van der Waals surface area (Å²) >= 11 is 0. The summed E-state index contributed by atoms with van der Waals surface area (Å²) in [5, 5.41) is 12.6. The van der Waals surface area contributed by atoms with Gasteiger partial charge in [-0.05, 0) is 45.2 Å². The molecule has 0 bridgehead atoms. The van der Waals surface area contributed by atoms with Gasteiger partial charge in [-0.2, -0.15) is 0 Å². The molecule has 0 aliphatic carbocycles. The molecule has 1 aliphatic rings. The zero-order chi connectivity index (χ0) is 16.7.